The van der Waals surface area contributed by atoms with Gasteiger partial charge in [-0.1, -0.05) is 146 Å². The first-order valence-corrected chi connectivity index (χ1v) is 50.1. The Morgan fingerprint density at radius 3 is 1.28 bits per heavy atom. The molecule has 13 nitrogen and oxygen atoms in total. The molecule has 6 N–H and O–H groups in total. The molecule has 3 aliphatic rings. The fourth-order valence-electron chi connectivity index (χ4n) is 12.2. The van der Waals surface area contributed by atoms with E-state index in [0.29, 0.717) is 39.7 Å². The zero-order valence-corrected chi connectivity index (χ0v) is 67.2. The number of phenolic OH excluding ortho intramolecular Hbond substituents is 1. The second kappa shape index (κ2) is 55.6. The maximum absolute atomic E-state index is 15.0. The average Bonchev–Trinajstić information content (AvgIpc) is 0.838. The molecule has 0 bridgehead atoms. The van der Waals surface area contributed by atoms with E-state index in [2.05, 4.69) is 25.4 Å². The van der Waals surface area contributed by atoms with Crippen LogP contribution in [0.3, 0.4) is 0 Å². The van der Waals surface area contributed by atoms with E-state index < -0.39 is 86.2 Å². The number of benzene rings is 5. The Balaban J connectivity index is 0.00000134. The molecule has 0 radical (unpaired) electrons. The van der Waals surface area contributed by atoms with Gasteiger partial charge in [-0.15, -0.1) is 0 Å². The summed E-state index contributed by atoms with van der Waals surface area (Å²) < 4.78 is 151. The second-order valence-corrected chi connectivity index (χ2v) is 24.0. The standard InChI is InChI=1S/C32H36F4O2.C17H25BF2O2.C17H24F2O.C2H4O2.CH3F.3K.HO4P.H2O2/c1-3-5-6-7-21-8-12-23(13-9-21)26-17-19-28(32(36)30(26)34)38-20-22-10-14-24(15-11-22)25-16-18-27(37-4-2)31(35)29(25)33;1-2-3-4-5-12-6-8-13(9-7-12)14-10-11-15(18(21)22)17(20)16(14)19;1-2-3-4-5-12-6-8-13(9-7-12)14-10-11-15(20)17(19)16(14)18;1-2(3)4;1-2;;;;1-4-5(2)3;1-2/h10-11,14-19,21,23H,3-9,12-13,20H2,1-2H3;10-13,21-22H,2-9H2,1H3;10-13,20H,2-9H2,1H3;1H3,(H,3,4);1H3;;;;1H;1-2H/q;;;;;;;+1;;/p-1/i;;;;1D;;;;;. The molecule has 8 rings (SSSR count). The number of hydrogen-bond donors (Lipinski definition) is 6. The Hall–Kier alpha value is -0.866. The fraction of sp³-hybridized carbons (Fsp3) is 0.551. The fourth-order valence-corrected chi connectivity index (χ4v) is 12.2. The third-order valence-electron chi connectivity index (χ3n) is 17.2. The summed E-state index contributed by atoms with van der Waals surface area (Å²) in [5, 5.41) is 55.2. The molecule has 96 heavy (non-hydrogen) atoms. The van der Waals surface area contributed by atoms with Crippen LogP contribution in [0.5, 0.6) is 17.2 Å². The molecule has 0 saturated heterocycles. The van der Waals surface area contributed by atoms with Gasteiger partial charge in [-0.05, 0) is 176 Å². The summed E-state index contributed by atoms with van der Waals surface area (Å²) in [6.07, 6.45) is 26.9. The second-order valence-electron chi connectivity index (χ2n) is 23.4. The molecular weight excluding hydrogens is 1370 g/mol. The van der Waals surface area contributed by atoms with Crippen molar-refractivity contribution in [1.82, 2.24) is 0 Å². The Morgan fingerprint density at radius 1 is 0.562 bits per heavy atom. The quantitative estimate of drug-likeness (QED) is 0.00894. The van der Waals surface area contributed by atoms with Gasteiger partial charge in [0.2, 0.25) is 17.5 Å². The molecule has 3 fully saturated rings. The van der Waals surface area contributed by atoms with Gasteiger partial charge >= 0.3 is 130 Å². The first-order chi connectivity index (χ1) is 46.0. The van der Waals surface area contributed by atoms with Crippen molar-refractivity contribution in [2.24, 2.45) is 17.8 Å². The molecule has 0 aliphatic heterocycles. The molecule has 522 valence electrons. The Morgan fingerprint density at radius 2 is 0.906 bits per heavy atom. The van der Waals surface area contributed by atoms with E-state index in [1.807, 2.05) is 0 Å². The molecule has 3 saturated carbocycles. The number of carboxylic acid groups (broad SMARTS) is 1. The number of aromatic hydroxyl groups is 1. The summed E-state index contributed by atoms with van der Waals surface area (Å²) in [5.41, 5.74) is 2.14. The third-order valence-corrected chi connectivity index (χ3v) is 17.3. The average molecular weight is 1460 g/mol. The van der Waals surface area contributed by atoms with E-state index in [-0.39, 0.29) is 99.4 Å². The molecule has 5 aromatic rings. The van der Waals surface area contributed by atoms with Gasteiger partial charge in [-0.25, -0.2) is 26.6 Å². The topological polar surface area (TPSA) is 229 Å². The van der Waals surface area contributed by atoms with Crippen molar-refractivity contribution in [3.63, 3.8) is 0 Å². The van der Waals surface area contributed by atoms with Crippen molar-refractivity contribution in [2.45, 2.75) is 213 Å². The van der Waals surface area contributed by atoms with Crippen LogP contribution < -0.4 is 76.5 Å². The van der Waals surface area contributed by atoms with Crippen molar-refractivity contribution in [3.05, 3.63) is 142 Å². The van der Waals surface area contributed by atoms with Crippen molar-refractivity contribution < 1.29 is 157 Å². The Labute approximate surface area is 651 Å². The number of carbonyl (C=O) groups is 1. The van der Waals surface area contributed by atoms with Crippen LogP contribution in [0, 0.1) is 64.3 Å². The molecular formula is C69H94BF9K3O13P. The first-order valence-electron chi connectivity index (χ1n) is 33.7. The first kappa shape index (κ1) is 93.1. The number of aliphatic carboxylic acids is 1. The molecule has 0 heterocycles. The number of alkyl halides is 1. The van der Waals surface area contributed by atoms with Crippen LogP contribution in [-0.2, 0) is 20.6 Å². The van der Waals surface area contributed by atoms with Crippen LogP contribution in [0.25, 0.3) is 11.1 Å². The number of hydrogen-bond acceptors (Lipinski definition) is 12. The summed E-state index contributed by atoms with van der Waals surface area (Å²) in [6.45, 7) is 9.63. The monoisotopic (exact) mass is 1460 g/mol. The summed E-state index contributed by atoms with van der Waals surface area (Å²) in [4.78, 5) is 17.9. The van der Waals surface area contributed by atoms with Gasteiger partial charge in [0.25, 0.3) is 5.97 Å². The van der Waals surface area contributed by atoms with Gasteiger partial charge in [0.05, 0.1) is 15.1 Å². The molecule has 27 heteroatoms. The molecule has 1 unspecified atom stereocenters. The van der Waals surface area contributed by atoms with Crippen LogP contribution in [0.15, 0.2) is 72.8 Å². The molecule has 0 amide bonds. The number of halogens is 9. The summed E-state index contributed by atoms with van der Waals surface area (Å²) in [5.74, 6) is -7.14. The number of ether oxygens (including phenoxy) is 2. The van der Waals surface area contributed by atoms with Gasteiger partial charge in [-0.3, -0.25) is 19.7 Å². The van der Waals surface area contributed by atoms with Crippen molar-refractivity contribution >= 4 is 90.0 Å². The SMILES string of the molecule is CC(=O)O.CCCCCC1CCC(c2ccc(B(O)O)c(F)c2F)CC1.CCCCCC1CCC(c2ccc(O)c(F)c2F)CC1.CCCCCC1CCC(c2ccc(OCc3ccc(-c4ccc(OCC)c(F)c4F)cc3)c(F)c2F)CC1.O=[P+]([O-])O[O-].OO.[2H]CF.[K+].[K][K]. The van der Waals surface area contributed by atoms with Crippen LogP contribution in [0.1, 0.15) is 230 Å². The summed E-state index contributed by atoms with van der Waals surface area (Å²) in [6, 6.07) is 18.3. The van der Waals surface area contributed by atoms with E-state index in [4.69, 9.17) is 56.0 Å². The number of phenols is 1. The normalized spacial score (nSPS) is 17.9. The third kappa shape index (κ3) is 34.2. The van der Waals surface area contributed by atoms with Crippen molar-refractivity contribution in [3.8, 4) is 28.4 Å². The van der Waals surface area contributed by atoms with Gasteiger partial charge in [0.1, 0.15) is 6.61 Å². The van der Waals surface area contributed by atoms with Crippen LogP contribution in [0.4, 0.5) is 39.5 Å². The predicted octanol–water partition coefficient (Wildman–Crippen LogP) is 14.0. The summed E-state index contributed by atoms with van der Waals surface area (Å²) in [7, 11) is -6.13. The van der Waals surface area contributed by atoms with E-state index in [1.165, 1.54) is 183 Å². The van der Waals surface area contributed by atoms with E-state index in [0.717, 1.165) is 89.9 Å². The number of carboxylic acids is 1. The van der Waals surface area contributed by atoms with Crippen molar-refractivity contribution in [1.29, 1.82) is 0 Å². The van der Waals surface area contributed by atoms with E-state index >= 15 is 0 Å². The Bertz CT molecular complexity index is 2970. The van der Waals surface area contributed by atoms with E-state index in [9.17, 15) is 44.6 Å². The minimum absolute atomic E-state index is 0. The van der Waals surface area contributed by atoms with Gasteiger partial charge < -0.3 is 39.9 Å². The number of rotatable bonds is 23. The Kier molecular flexibility index (Phi) is 54.0. The van der Waals surface area contributed by atoms with E-state index in [1.54, 1.807) is 37.3 Å². The van der Waals surface area contributed by atoms with Crippen molar-refractivity contribution in [2.75, 3.05) is 13.8 Å². The molecule has 1 atom stereocenters. The summed E-state index contributed by atoms with van der Waals surface area (Å²) >= 11 is 2.50. The zero-order chi connectivity index (χ0) is 72.3. The molecule has 3 aliphatic carbocycles. The zero-order valence-electron chi connectivity index (χ0n) is 58.0. The molecule has 5 aromatic carbocycles. The van der Waals surface area contributed by atoms with Gasteiger partial charge in [-0.2, -0.15) is 13.2 Å². The molecule has 0 spiro atoms. The van der Waals surface area contributed by atoms with Gasteiger partial charge in [0.15, 0.2) is 46.3 Å². The predicted molar refractivity (Wildman–Crippen MR) is 350 cm³/mol. The van der Waals surface area contributed by atoms with Crippen LogP contribution in [0.2, 0.25) is 0 Å². The van der Waals surface area contributed by atoms with Gasteiger partial charge in [0, 0.05) is 17.9 Å². The van der Waals surface area contributed by atoms with Crippen LogP contribution in [-0.4, -0.2) is 121 Å². The minimum atomic E-state index is -3.15. The maximum atomic E-state index is 15.0. The number of unbranched alkanes of at least 4 members (excludes halogenated alkanes) is 6. The molecule has 0 aromatic heterocycles. The van der Waals surface area contributed by atoms with Crippen LogP contribution >= 0.6 is 8.25 Å².